The van der Waals surface area contributed by atoms with Crippen LogP contribution in [0.25, 0.3) is 0 Å². The first-order valence-corrected chi connectivity index (χ1v) is 7.86. The molecule has 1 aromatic rings. The van der Waals surface area contributed by atoms with Gasteiger partial charge in [-0.05, 0) is 43.4 Å². The molecule has 1 unspecified atom stereocenters. The molecule has 0 radical (unpaired) electrons. The Kier molecular flexibility index (Phi) is 4.78. The van der Waals surface area contributed by atoms with Crippen molar-refractivity contribution in [2.24, 2.45) is 0 Å². The molecule has 1 N–H and O–H groups in total. The van der Waals surface area contributed by atoms with Gasteiger partial charge in [-0.2, -0.15) is 0 Å². The maximum absolute atomic E-state index is 6.10. The summed E-state index contributed by atoms with van der Waals surface area (Å²) in [5, 5.41) is 3.67. The van der Waals surface area contributed by atoms with Crippen LogP contribution >= 0.6 is 0 Å². The summed E-state index contributed by atoms with van der Waals surface area (Å²) in [5.74, 6) is 0. The largest absolute Gasteiger partial charge is 0.382 e. The second-order valence-electron chi connectivity index (χ2n) is 6.11. The number of methoxy groups -OCH3 is 1. The van der Waals surface area contributed by atoms with Gasteiger partial charge in [0.1, 0.15) is 0 Å². The van der Waals surface area contributed by atoms with E-state index in [9.17, 15) is 0 Å². The highest BCUT2D eigenvalue weighted by Crippen LogP contribution is 2.35. The summed E-state index contributed by atoms with van der Waals surface area (Å²) in [4.78, 5) is 0. The topological polar surface area (TPSA) is 39.7 Å². The maximum atomic E-state index is 6.10. The number of nitrogens with one attached hydrogen (secondary N) is 1. The van der Waals surface area contributed by atoms with E-state index in [2.05, 4.69) is 29.6 Å². The van der Waals surface area contributed by atoms with Crippen molar-refractivity contribution in [3.63, 3.8) is 0 Å². The molecule has 2 aliphatic rings. The standard InChI is InChI=1S/C17H25NO3/c1-19-13-14-3-2-4-15(11-14)18-16-5-8-21-17(12-16)6-9-20-10-7-17/h2-4,11,16,18H,5-10,12-13H2,1H3. The van der Waals surface area contributed by atoms with Crippen LogP contribution in [-0.4, -0.2) is 38.6 Å². The molecule has 0 amide bonds. The van der Waals surface area contributed by atoms with E-state index in [1.807, 2.05) is 0 Å². The minimum Gasteiger partial charge on any atom is -0.382 e. The predicted octanol–water partition coefficient (Wildman–Crippen LogP) is 2.97. The quantitative estimate of drug-likeness (QED) is 0.926. The summed E-state index contributed by atoms with van der Waals surface area (Å²) in [7, 11) is 1.73. The van der Waals surface area contributed by atoms with Crippen LogP contribution in [0.5, 0.6) is 0 Å². The molecule has 0 aromatic heterocycles. The van der Waals surface area contributed by atoms with Crippen molar-refractivity contribution in [1.29, 1.82) is 0 Å². The number of rotatable bonds is 4. The van der Waals surface area contributed by atoms with E-state index in [0.29, 0.717) is 12.6 Å². The van der Waals surface area contributed by atoms with Gasteiger partial charge in [0, 0.05) is 38.7 Å². The first-order chi connectivity index (χ1) is 10.3. The number of benzene rings is 1. The predicted molar refractivity (Wildman–Crippen MR) is 82.5 cm³/mol. The van der Waals surface area contributed by atoms with Crippen molar-refractivity contribution >= 4 is 5.69 Å². The van der Waals surface area contributed by atoms with Gasteiger partial charge in [0.15, 0.2) is 0 Å². The number of hydrogen-bond donors (Lipinski definition) is 1. The molecule has 1 atom stereocenters. The Morgan fingerprint density at radius 3 is 2.95 bits per heavy atom. The fraction of sp³-hybridized carbons (Fsp3) is 0.647. The van der Waals surface area contributed by atoms with Gasteiger partial charge in [0.05, 0.1) is 12.2 Å². The Morgan fingerprint density at radius 2 is 2.14 bits per heavy atom. The lowest BCUT2D eigenvalue weighted by Gasteiger charge is -2.43. The molecule has 1 aromatic carbocycles. The van der Waals surface area contributed by atoms with Crippen LogP contribution in [0.2, 0.25) is 0 Å². The molecule has 0 saturated carbocycles. The van der Waals surface area contributed by atoms with Gasteiger partial charge in [-0.3, -0.25) is 0 Å². The van der Waals surface area contributed by atoms with Gasteiger partial charge in [0.25, 0.3) is 0 Å². The average Bonchev–Trinajstić information content (AvgIpc) is 2.49. The molecule has 2 aliphatic heterocycles. The normalized spacial score (nSPS) is 24.9. The smallest absolute Gasteiger partial charge is 0.0745 e. The molecule has 2 fully saturated rings. The van der Waals surface area contributed by atoms with Crippen molar-refractivity contribution < 1.29 is 14.2 Å². The lowest BCUT2D eigenvalue weighted by Crippen LogP contribution is -2.47. The Balaban J connectivity index is 1.63. The van der Waals surface area contributed by atoms with Gasteiger partial charge in [-0.15, -0.1) is 0 Å². The summed E-state index contributed by atoms with van der Waals surface area (Å²) >= 11 is 0. The van der Waals surface area contributed by atoms with Gasteiger partial charge >= 0.3 is 0 Å². The molecule has 116 valence electrons. The first kappa shape index (κ1) is 14.8. The van der Waals surface area contributed by atoms with Gasteiger partial charge in [-0.1, -0.05) is 12.1 Å². The van der Waals surface area contributed by atoms with Crippen LogP contribution in [0.3, 0.4) is 0 Å². The monoisotopic (exact) mass is 291 g/mol. The third-order valence-corrected chi connectivity index (χ3v) is 4.51. The highest BCUT2D eigenvalue weighted by Gasteiger charge is 2.38. The van der Waals surface area contributed by atoms with E-state index >= 15 is 0 Å². The van der Waals surface area contributed by atoms with Crippen molar-refractivity contribution in [2.45, 2.75) is 43.9 Å². The van der Waals surface area contributed by atoms with Crippen molar-refractivity contribution in [2.75, 3.05) is 32.2 Å². The van der Waals surface area contributed by atoms with E-state index in [1.54, 1.807) is 7.11 Å². The van der Waals surface area contributed by atoms with E-state index in [-0.39, 0.29) is 5.60 Å². The zero-order valence-electron chi connectivity index (χ0n) is 12.8. The molecule has 2 saturated heterocycles. The van der Waals surface area contributed by atoms with Gasteiger partial charge < -0.3 is 19.5 Å². The zero-order chi connectivity index (χ0) is 14.5. The molecular weight excluding hydrogens is 266 g/mol. The van der Waals surface area contributed by atoms with E-state index in [0.717, 1.165) is 45.5 Å². The molecular formula is C17H25NO3. The molecule has 0 bridgehead atoms. The zero-order valence-corrected chi connectivity index (χ0v) is 12.8. The maximum Gasteiger partial charge on any atom is 0.0745 e. The van der Waals surface area contributed by atoms with Crippen LogP contribution in [0.15, 0.2) is 24.3 Å². The number of hydrogen-bond acceptors (Lipinski definition) is 4. The molecule has 4 nitrogen and oxygen atoms in total. The third-order valence-electron chi connectivity index (χ3n) is 4.51. The van der Waals surface area contributed by atoms with Crippen LogP contribution in [0.4, 0.5) is 5.69 Å². The van der Waals surface area contributed by atoms with Crippen molar-refractivity contribution in [3.8, 4) is 0 Å². The molecule has 3 rings (SSSR count). The summed E-state index contributed by atoms with van der Waals surface area (Å²) in [5.41, 5.74) is 2.42. The third kappa shape index (κ3) is 3.76. The summed E-state index contributed by atoms with van der Waals surface area (Å²) in [6.07, 6.45) is 4.19. The number of anilines is 1. The highest BCUT2D eigenvalue weighted by atomic mass is 16.5. The molecule has 21 heavy (non-hydrogen) atoms. The second kappa shape index (κ2) is 6.77. The number of ether oxygens (including phenoxy) is 3. The van der Waals surface area contributed by atoms with Gasteiger partial charge in [-0.25, -0.2) is 0 Å². The lowest BCUT2D eigenvalue weighted by atomic mass is 9.84. The van der Waals surface area contributed by atoms with Crippen molar-refractivity contribution in [1.82, 2.24) is 0 Å². The molecule has 2 heterocycles. The summed E-state index contributed by atoms with van der Waals surface area (Å²) in [6.45, 7) is 3.16. The Bertz CT molecular complexity index is 452. The molecule has 0 aliphatic carbocycles. The highest BCUT2D eigenvalue weighted by molar-refractivity contribution is 5.46. The van der Waals surface area contributed by atoms with E-state index < -0.39 is 0 Å². The lowest BCUT2D eigenvalue weighted by molar-refractivity contribution is -0.135. The van der Waals surface area contributed by atoms with Crippen LogP contribution < -0.4 is 5.32 Å². The Morgan fingerprint density at radius 1 is 1.29 bits per heavy atom. The van der Waals surface area contributed by atoms with E-state index in [1.165, 1.54) is 11.3 Å². The van der Waals surface area contributed by atoms with Gasteiger partial charge in [0.2, 0.25) is 0 Å². The fourth-order valence-electron chi connectivity index (χ4n) is 3.40. The summed E-state index contributed by atoms with van der Waals surface area (Å²) < 4.78 is 16.8. The fourth-order valence-corrected chi connectivity index (χ4v) is 3.40. The Labute approximate surface area is 126 Å². The van der Waals surface area contributed by atoms with Crippen LogP contribution in [0.1, 0.15) is 31.2 Å². The summed E-state index contributed by atoms with van der Waals surface area (Å²) in [6, 6.07) is 8.97. The van der Waals surface area contributed by atoms with Crippen LogP contribution in [-0.2, 0) is 20.8 Å². The second-order valence-corrected chi connectivity index (χ2v) is 6.11. The molecule has 4 heteroatoms. The first-order valence-electron chi connectivity index (χ1n) is 7.86. The minimum absolute atomic E-state index is 0.0400. The minimum atomic E-state index is 0.0400. The SMILES string of the molecule is COCc1cccc(NC2CCOC3(CCOCC3)C2)c1. The van der Waals surface area contributed by atoms with Crippen LogP contribution in [0, 0.1) is 0 Å². The Hall–Kier alpha value is -1.10. The average molecular weight is 291 g/mol. The van der Waals surface area contributed by atoms with E-state index in [4.69, 9.17) is 14.2 Å². The van der Waals surface area contributed by atoms with Crippen molar-refractivity contribution in [3.05, 3.63) is 29.8 Å². The molecule has 1 spiro atoms.